The lowest BCUT2D eigenvalue weighted by Gasteiger charge is -2.22. The van der Waals surface area contributed by atoms with Crippen LogP contribution in [-0.4, -0.2) is 22.7 Å². The third kappa shape index (κ3) is 3.72. The number of nitrogens with one attached hydrogen (secondary N) is 1. The number of alkyl halides is 3. The molecule has 23 heavy (non-hydrogen) atoms. The van der Waals surface area contributed by atoms with Gasteiger partial charge in [0.2, 0.25) is 0 Å². The molecule has 1 aromatic heterocycles. The Labute approximate surface area is 130 Å². The highest BCUT2D eigenvalue weighted by molar-refractivity contribution is 5.78. The van der Waals surface area contributed by atoms with Gasteiger partial charge < -0.3 is 9.72 Å². The fraction of sp³-hybridized carbons (Fsp3) is 0.500. The van der Waals surface area contributed by atoms with E-state index < -0.39 is 17.3 Å². The van der Waals surface area contributed by atoms with E-state index in [1.54, 1.807) is 0 Å². The van der Waals surface area contributed by atoms with E-state index in [0.717, 1.165) is 44.1 Å². The highest BCUT2D eigenvalue weighted by Gasteiger charge is 2.30. The van der Waals surface area contributed by atoms with Crippen molar-refractivity contribution in [2.45, 2.75) is 44.4 Å². The van der Waals surface area contributed by atoms with Crippen LogP contribution in [0.4, 0.5) is 13.2 Å². The van der Waals surface area contributed by atoms with Gasteiger partial charge in [-0.15, -0.1) is 0 Å². The lowest BCUT2D eigenvalue weighted by molar-refractivity contribution is -0.137. The summed E-state index contributed by atoms with van der Waals surface area (Å²) in [6.45, 7) is 0.737. The lowest BCUT2D eigenvalue weighted by atomic mass is 10.0. The molecular formula is C16H17F3N2O2. The van der Waals surface area contributed by atoms with E-state index in [2.05, 4.69) is 9.97 Å². The van der Waals surface area contributed by atoms with Crippen molar-refractivity contribution in [3.63, 3.8) is 0 Å². The zero-order chi connectivity index (χ0) is 16.4. The molecule has 0 saturated carbocycles. The van der Waals surface area contributed by atoms with Gasteiger partial charge in [0, 0.05) is 13.0 Å². The number of aryl methyl sites for hydroxylation is 1. The number of aromatic amines is 1. The number of H-pyrrole nitrogens is 1. The number of hydrogen-bond donors (Lipinski definition) is 1. The quantitative estimate of drug-likeness (QED) is 0.940. The number of benzene rings is 1. The summed E-state index contributed by atoms with van der Waals surface area (Å²) in [6, 6.07) is 2.98. The summed E-state index contributed by atoms with van der Waals surface area (Å²) in [4.78, 5) is 18.8. The Morgan fingerprint density at radius 2 is 2.13 bits per heavy atom. The number of rotatable bonds is 3. The number of halogens is 3. The van der Waals surface area contributed by atoms with E-state index in [0.29, 0.717) is 18.7 Å². The molecule has 0 aliphatic carbocycles. The Morgan fingerprint density at radius 3 is 2.83 bits per heavy atom. The first kappa shape index (κ1) is 16.0. The topological polar surface area (TPSA) is 55.0 Å². The van der Waals surface area contributed by atoms with Crippen molar-refractivity contribution in [3.8, 4) is 0 Å². The summed E-state index contributed by atoms with van der Waals surface area (Å²) in [5.74, 6) is 0.399. The van der Waals surface area contributed by atoms with E-state index >= 15 is 0 Å². The molecule has 0 amide bonds. The molecule has 4 nitrogen and oxygen atoms in total. The molecule has 3 rings (SSSR count). The van der Waals surface area contributed by atoms with Gasteiger partial charge in [-0.25, -0.2) is 4.98 Å². The Kier molecular flexibility index (Phi) is 4.39. The molecule has 1 aromatic carbocycles. The SMILES string of the molecule is O=c1[nH]c(CC[C@H]2CCCCO2)nc2cc(C(F)(F)F)ccc12. The smallest absolute Gasteiger partial charge is 0.378 e. The molecule has 1 aliphatic rings. The molecule has 2 aromatic rings. The average molecular weight is 326 g/mol. The molecule has 1 atom stereocenters. The number of aromatic nitrogens is 2. The maximum atomic E-state index is 12.8. The van der Waals surface area contributed by atoms with E-state index in [1.807, 2.05) is 0 Å². The Hall–Kier alpha value is -1.89. The second-order valence-corrected chi connectivity index (χ2v) is 5.77. The van der Waals surface area contributed by atoms with Crippen LogP contribution in [-0.2, 0) is 17.3 Å². The van der Waals surface area contributed by atoms with Gasteiger partial charge in [0.25, 0.3) is 5.56 Å². The molecule has 124 valence electrons. The average Bonchev–Trinajstić information content (AvgIpc) is 2.52. The van der Waals surface area contributed by atoms with Gasteiger partial charge in [0.1, 0.15) is 5.82 Å². The third-order valence-electron chi connectivity index (χ3n) is 4.06. The predicted octanol–water partition coefficient (Wildman–Crippen LogP) is 3.44. The maximum absolute atomic E-state index is 12.8. The predicted molar refractivity (Wildman–Crippen MR) is 79.3 cm³/mol. The summed E-state index contributed by atoms with van der Waals surface area (Å²) in [6.07, 6.45) is -0.000986. The number of fused-ring (bicyclic) bond motifs is 1. The maximum Gasteiger partial charge on any atom is 0.416 e. The molecular weight excluding hydrogens is 309 g/mol. The summed E-state index contributed by atoms with van der Waals surface area (Å²) >= 11 is 0. The van der Waals surface area contributed by atoms with Gasteiger partial charge in [0.15, 0.2) is 0 Å². The third-order valence-corrected chi connectivity index (χ3v) is 4.06. The van der Waals surface area contributed by atoms with Crippen LogP contribution in [0.3, 0.4) is 0 Å². The van der Waals surface area contributed by atoms with Crippen molar-refractivity contribution < 1.29 is 17.9 Å². The largest absolute Gasteiger partial charge is 0.416 e. The first-order valence-electron chi connectivity index (χ1n) is 7.65. The van der Waals surface area contributed by atoms with Gasteiger partial charge in [-0.1, -0.05) is 0 Å². The summed E-state index contributed by atoms with van der Waals surface area (Å²) in [7, 11) is 0. The molecule has 1 saturated heterocycles. The van der Waals surface area contributed by atoms with E-state index in [9.17, 15) is 18.0 Å². The van der Waals surface area contributed by atoms with Gasteiger partial charge in [-0.3, -0.25) is 4.79 Å². The van der Waals surface area contributed by atoms with Crippen LogP contribution in [0.25, 0.3) is 10.9 Å². The van der Waals surface area contributed by atoms with Crippen LogP contribution < -0.4 is 5.56 Å². The molecule has 1 N–H and O–H groups in total. The molecule has 0 bridgehead atoms. The van der Waals surface area contributed by atoms with Crippen molar-refractivity contribution >= 4 is 10.9 Å². The standard InChI is InChI=1S/C16H17F3N2O2/c17-16(18,19)10-4-6-12-13(9-10)20-14(21-15(12)22)7-5-11-3-1-2-8-23-11/h4,6,9,11H,1-3,5,7-8H2,(H,20,21,22)/t11-/m1/s1. The van der Waals surface area contributed by atoms with Gasteiger partial charge in [-0.2, -0.15) is 13.2 Å². The summed E-state index contributed by atoms with van der Waals surface area (Å²) < 4.78 is 43.9. The monoisotopic (exact) mass is 326 g/mol. The number of nitrogens with zero attached hydrogens (tertiary/aromatic N) is 1. The van der Waals surface area contributed by atoms with Crippen molar-refractivity contribution in [2.24, 2.45) is 0 Å². The van der Waals surface area contributed by atoms with Crippen LogP contribution in [0.2, 0.25) is 0 Å². The lowest BCUT2D eigenvalue weighted by Crippen LogP contribution is -2.21. The zero-order valence-electron chi connectivity index (χ0n) is 12.4. The molecule has 1 fully saturated rings. The van der Waals surface area contributed by atoms with E-state index in [-0.39, 0.29) is 17.0 Å². The van der Waals surface area contributed by atoms with Gasteiger partial charge >= 0.3 is 6.18 Å². The highest BCUT2D eigenvalue weighted by atomic mass is 19.4. The molecule has 7 heteroatoms. The fourth-order valence-electron chi connectivity index (χ4n) is 2.82. The van der Waals surface area contributed by atoms with Crippen molar-refractivity contribution in [3.05, 3.63) is 39.9 Å². The minimum absolute atomic E-state index is 0.0723. The first-order chi connectivity index (χ1) is 10.9. The fourth-order valence-corrected chi connectivity index (χ4v) is 2.82. The second-order valence-electron chi connectivity index (χ2n) is 5.77. The Bertz CT molecular complexity index is 749. The minimum Gasteiger partial charge on any atom is -0.378 e. The molecule has 0 unspecified atom stereocenters. The minimum atomic E-state index is -4.45. The molecule has 0 radical (unpaired) electrons. The first-order valence-corrected chi connectivity index (χ1v) is 7.65. The van der Waals surface area contributed by atoms with Crippen LogP contribution in [0.1, 0.15) is 37.1 Å². The van der Waals surface area contributed by atoms with Crippen molar-refractivity contribution in [2.75, 3.05) is 6.61 Å². The Balaban J connectivity index is 1.84. The van der Waals surface area contributed by atoms with Crippen molar-refractivity contribution in [1.29, 1.82) is 0 Å². The number of ether oxygens (including phenoxy) is 1. The summed E-state index contributed by atoms with van der Waals surface area (Å²) in [5, 5.41) is 0.163. The normalized spacial score (nSPS) is 19.2. The van der Waals surface area contributed by atoms with Crippen LogP contribution in [0.15, 0.2) is 23.0 Å². The zero-order valence-corrected chi connectivity index (χ0v) is 12.4. The second kappa shape index (κ2) is 6.31. The van der Waals surface area contributed by atoms with Gasteiger partial charge in [-0.05, 0) is 43.9 Å². The van der Waals surface area contributed by atoms with E-state index in [4.69, 9.17) is 4.74 Å². The van der Waals surface area contributed by atoms with Crippen LogP contribution >= 0.6 is 0 Å². The van der Waals surface area contributed by atoms with Crippen LogP contribution in [0.5, 0.6) is 0 Å². The molecule has 0 spiro atoms. The highest BCUT2D eigenvalue weighted by Crippen LogP contribution is 2.30. The van der Waals surface area contributed by atoms with Gasteiger partial charge in [0.05, 0.1) is 22.6 Å². The van der Waals surface area contributed by atoms with E-state index in [1.165, 1.54) is 0 Å². The number of hydrogen-bond acceptors (Lipinski definition) is 3. The molecule has 1 aliphatic heterocycles. The van der Waals surface area contributed by atoms with Crippen molar-refractivity contribution in [1.82, 2.24) is 9.97 Å². The summed E-state index contributed by atoms with van der Waals surface area (Å²) in [5.41, 5.74) is -1.14. The Morgan fingerprint density at radius 1 is 1.30 bits per heavy atom. The molecule has 2 heterocycles. The van der Waals surface area contributed by atoms with Crippen LogP contribution in [0, 0.1) is 0 Å².